The summed E-state index contributed by atoms with van der Waals surface area (Å²) < 4.78 is 5.50. The van der Waals surface area contributed by atoms with Crippen molar-refractivity contribution < 1.29 is 9.84 Å². The van der Waals surface area contributed by atoms with E-state index >= 15 is 0 Å². The second kappa shape index (κ2) is 7.55. The summed E-state index contributed by atoms with van der Waals surface area (Å²) >= 11 is 17.7. The van der Waals surface area contributed by atoms with E-state index < -0.39 is 5.60 Å². The van der Waals surface area contributed by atoms with Crippen LogP contribution in [0.2, 0.25) is 15.1 Å². The highest BCUT2D eigenvalue weighted by Crippen LogP contribution is 2.34. The van der Waals surface area contributed by atoms with Crippen molar-refractivity contribution in [2.45, 2.75) is 25.9 Å². The molecule has 1 aromatic rings. The van der Waals surface area contributed by atoms with Crippen LogP contribution >= 0.6 is 34.8 Å². The summed E-state index contributed by atoms with van der Waals surface area (Å²) in [6.45, 7) is 5.17. The Morgan fingerprint density at radius 3 is 2.47 bits per heavy atom. The molecule has 0 aromatic heterocycles. The zero-order valence-corrected chi connectivity index (χ0v) is 13.2. The zero-order valence-electron chi connectivity index (χ0n) is 11.0. The molecule has 108 valence electrons. The van der Waals surface area contributed by atoms with Gasteiger partial charge in [0.25, 0.3) is 0 Å². The molecule has 0 aliphatic heterocycles. The van der Waals surface area contributed by atoms with Crippen LogP contribution in [-0.4, -0.2) is 30.4 Å². The van der Waals surface area contributed by atoms with Gasteiger partial charge in [-0.15, -0.1) is 0 Å². The molecule has 3 nitrogen and oxygen atoms in total. The SMILES string of the molecule is CCCNCC(C)(O)COc1cc(Cl)c(Cl)cc1Cl. The second-order valence-electron chi connectivity index (χ2n) is 4.66. The maximum absolute atomic E-state index is 10.1. The van der Waals surface area contributed by atoms with Crippen LogP contribution in [0.25, 0.3) is 0 Å². The summed E-state index contributed by atoms with van der Waals surface area (Å²) in [6, 6.07) is 3.06. The quantitative estimate of drug-likeness (QED) is 0.592. The molecule has 0 heterocycles. The molecule has 0 saturated carbocycles. The number of halogens is 3. The number of hydrogen-bond acceptors (Lipinski definition) is 3. The number of ether oxygens (including phenoxy) is 1. The van der Waals surface area contributed by atoms with Gasteiger partial charge in [0.2, 0.25) is 0 Å². The highest BCUT2D eigenvalue weighted by molar-refractivity contribution is 6.43. The number of aliphatic hydroxyl groups is 1. The minimum atomic E-state index is -0.982. The lowest BCUT2D eigenvalue weighted by atomic mass is 10.1. The van der Waals surface area contributed by atoms with E-state index in [1.807, 2.05) is 0 Å². The van der Waals surface area contributed by atoms with Gasteiger partial charge in [-0.1, -0.05) is 41.7 Å². The van der Waals surface area contributed by atoms with Gasteiger partial charge in [-0.25, -0.2) is 0 Å². The molecule has 0 aliphatic carbocycles. The van der Waals surface area contributed by atoms with E-state index in [-0.39, 0.29) is 6.61 Å². The fraction of sp³-hybridized carbons (Fsp3) is 0.538. The van der Waals surface area contributed by atoms with Gasteiger partial charge in [-0.05, 0) is 26.0 Å². The van der Waals surface area contributed by atoms with Crippen molar-refractivity contribution in [3.63, 3.8) is 0 Å². The largest absolute Gasteiger partial charge is 0.489 e. The van der Waals surface area contributed by atoms with Crippen LogP contribution in [0.5, 0.6) is 5.75 Å². The maximum atomic E-state index is 10.1. The van der Waals surface area contributed by atoms with Crippen molar-refractivity contribution in [3.05, 3.63) is 27.2 Å². The Balaban J connectivity index is 2.58. The van der Waals surface area contributed by atoms with Gasteiger partial charge >= 0.3 is 0 Å². The van der Waals surface area contributed by atoms with E-state index in [0.29, 0.717) is 27.4 Å². The Morgan fingerprint density at radius 1 is 1.21 bits per heavy atom. The van der Waals surface area contributed by atoms with Crippen LogP contribution in [0.4, 0.5) is 0 Å². The number of hydrogen-bond donors (Lipinski definition) is 2. The molecule has 2 N–H and O–H groups in total. The van der Waals surface area contributed by atoms with E-state index in [4.69, 9.17) is 39.5 Å². The fourth-order valence-electron chi connectivity index (χ4n) is 1.43. The topological polar surface area (TPSA) is 41.5 Å². The summed E-state index contributed by atoms with van der Waals surface area (Å²) in [5.74, 6) is 0.409. The van der Waals surface area contributed by atoms with Gasteiger partial charge in [0.1, 0.15) is 18.0 Å². The van der Waals surface area contributed by atoms with Crippen LogP contribution in [0.1, 0.15) is 20.3 Å². The first-order valence-electron chi connectivity index (χ1n) is 6.06. The van der Waals surface area contributed by atoms with Crippen LogP contribution in [0, 0.1) is 0 Å². The predicted molar refractivity (Wildman–Crippen MR) is 80.8 cm³/mol. The van der Waals surface area contributed by atoms with Crippen molar-refractivity contribution in [1.82, 2.24) is 5.32 Å². The predicted octanol–water partition coefficient (Wildman–Crippen LogP) is 3.78. The number of nitrogens with one attached hydrogen (secondary N) is 1. The van der Waals surface area contributed by atoms with E-state index in [0.717, 1.165) is 13.0 Å². The van der Waals surface area contributed by atoms with Crippen LogP contribution in [0.15, 0.2) is 12.1 Å². The average Bonchev–Trinajstić information content (AvgIpc) is 2.32. The van der Waals surface area contributed by atoms with Gasteiger partial charge in [0, 0.05) is 12.6 Å². The number of rotatable bonds is 7. The van der Waals surface area contributed by atoms with Crippen molar-refractivity contribution in [2.24, 2.45) is 0 Å². The van der Waals surface area contributed by atoms with Crippen molar-refractivity contribution >= 4 is 34.8 Å². The second-order valence-corrected chi connectivity index (χ2v) is 5.88. The monoisotopic (exact) mass is 325 g/mol. The van der Waals surface area contributed by atoms with E-state index in [1.165, 1.54) is 6.07 Å². The molecule has 19 heavy (non-hydrogen) atoms. The molecule has 1 rings (SSSR count). The standard InChI is InChI=1S/C13H18Cl3NO2/c1-3-4-17-7-13(2,18)8-19-12-6-10(15)9(14)5-11(12)16/h5-6,17-18H,3-4,7-8H2,1-2H3. The molecule has 0 fully saturated rings. The van der Waals surface area contributed by atoms with Gasteiger partial charge in [0.15, 0.2) is 0 Å². The third kappa shape index (κ3) is 5.76. The van der Waals surface area contributed by atoms with Crippen LogP contribution in [-0.2, 0) is 0 Å². The summed E-state index contributed by atoms with van der Waals surface area (Å²) in [7, 11) is 0. The smallest absolute Gasteiger partial charge is 0.139 e. The molecule has 1 aromatic carbocycles. The Morgan fingerprint density at radius 2 is 1.84 bits per heavy atom. The molecule has 1 unspecified atom stereocenters. The van der Waals surface area contributed by atoms with Crippen LogP contribution < -0.4 is 10.1 Å². The Labute approximate surface area is 128 Å². The summed E-state index contributed by atoms with van der Waals surface area (Å²) in [6.07, 6.45) is 1.01. The highest BCUT2D eigenvalue weighted by Gasteiger charge is 2.21. The Kier molecular flexibility index (Phi) is 6.71. The zero-order chi connectivity index (χ0) is 14.5. The van der Waals surface area contributed by atoms with E-state index in [9.17, 15) is 5.11 Å². The minimum absolute atomic E-state index is 0.112. The van der Waals surface area contributed by atoms with E-state index in [2.05, 4.69) is 12.2 Å². The average molecular weight is 327 g/mol. The number of benzene rings is 1. The molecule has 0 saturated heterocycles. The van der Waals surface area contributed by atoms with Crippen molar-refractivity contribution in [2.75, 3.05) is 19.7 Å². The highest BCUT2D eigenvalue weighted by atomic mass is 35.5. The van der Waals surface area contributed by atoms with Crippen molar-refractivity contribution in [3.8, 4) is 5.75 Å². The first kappa shape index (κ1) is 16.9. The molecule has 0 radical (unpaired) electrons. The summed E-state index contributed by atoms with van der Waals surface area (Å²) in [5, 5.41) is 14.4. The van der Waals surface area contributed by atoms with Gasteiger partial charge < -0.3 is 15.2 Å². The molecule has 6 heteroatoms. The van der Waals surface area contributed by atoms with Crippen molar-refractivity contribution in [1.29, 1.82) is 0 Å². The molecule has 0 spiro atoms. The van der Waals surface area contributed by atoms with E-state index in [1.54, 1.807) is 13.0 Å². The van der Waals surface area contributed by atoms with Gasteiger partial charge in [-0.2, -0.15) is 0 Å². The first-order chi connectivity index (χ1) is 8.85. The molecule has 1 atom stereocenters. The third-order valence-electron chi connectivity index (χ3n) is 2.45. The molecular weight excluding hydrogens is 309 g/mol. The lowest BCUT2D eigenvalue weighted by Crippen LogP contribution is -2.43. The van der Waals surface area contributed by atoms with Crippen LogP contribution in [0.3, 0.4) is 0 Å². The van der Waals surface area contributed by atoms with Gasteiger partial charge in [-0.3, -0.25) is 0 Å². The summed E-state index contributed by atoms with van der Waals surface area (Å²) in [4.78, 5) is 0. The Bertz CT molecular complexity index is 425. The maximum Gasteiger partial charge on any atom is 0.139 e. The molecular formula is C13H18Cl3NO2. The molecule has 0 bridgehead atoms. The lowest BCUT2D eigenvalue weighted by molar-refractivity contribution is 0.0125. The normalized spacial score (nSPS) is 14.2. The Hall–Kier alpha value is -0.190. The fourth-order valence-corrected chi connectivity index (χ4v) is 2.03. The van der Waals surface area contributed by atoms with Gasteiger partial charge in [0.05, 0.1) is 15.1 Å². The molecule has 0 amide bonds. The third-order valence-corrected chi connectivity index (χ3v) is 3.46. The first-order valence-corrected chi connectivity index (χ1v) is 7.19. The minimum Gasteiger partial charge on any atom is -0.489 e. The molecule has 0 aliphatic rings. The lowest BCUT2D eigenvalue weighted by Gasteiger charge is -2.24. The summed E-state index contributed by atoms with van der Waals surface area (Å²) in [5.41, 5.74) is -0.982.